The van der Waals surface area contributed by atoms with Gasteiger partial charge < -0.3 is 9.47 Å². The highest BCUT2D eigenvalue weighted by molar-refractivity contribution is 9.10. The predicted molar refractivity (Wildman–Crippen MR) is 99.1 cm³/mol. The highest BCUT2D eigenvalue weighted by atomic mass is 79.9. The van der Waals surface area contributed by atoms with Crippen molar-refractivity contribution in [1.82, 2.24) is 19.8 Å². The van der Waals surface area contributed by atoms with Crippen molar-refractivity contribution >= 4 is 32.2 Å². The maximum absolute atomic E-state index is 5.83. The molecule has 0 saturated carbocycles. The molecule has 4 aromatic rings. The molecule has 0 amide bonds. The molecule has 0 spiro atoms. The minimum absolute atomic E-state index is 0.340. The number of halogens is 1. The van der Waals surface area contributed by atoms with Gasteiger partial charge in [0.1, 0.15) is 6.61 Å². The quantitative estimate of drug-likeness (QED) is 0.487. The van der Waals surface area contributed by atoms with Crippen LogP contribution < -0.4 is 9.47 Å². The Balaban J connectivity index is 1.60. The van der Waals surface area contributed by atoms with Gasteiger partial charge in [0, 0.05) is 10.0 Å². The van der Waals surface area contributed by atoms with Crippen LogP contribution >= 0.6 is 27.3 Å². The summed E-state index contributed by atoms with van der Waals surface area (Å²) in [4.78, 5) is 0.730. The minimum Gasteiger partial charge on any atom is -0.493 e. The van der Waals surface area contributed by atoms with E-state index in [-0.39, 0.29) is 0 Å². The Kier molecular flexibility index (Phi) is 4.37. The summed E-state index contributed by atoms with van der Waals surface area (Å²) in [6.45, 7) is 0.340. The van der Waals surface area contributed by atoms with E-state index in [4.69, 9.17) is 9.47 Å². The molecule has 0 atom stereocenters. The molecule has 2 aromatic heterocycles. The molecule has 0 aliphatic carbocycles. The van der Waals surface area contributed by atoms with Crippen LogP contribution in [0.4, 0.5) is 0 Å². The Bertz CT molecular complexity index is 1030. The van der Waals surface area contributed by atoms with E-state index in [1.54, 1.807) is 11.6 Å². The number of methoxy groups -OCH3 is 1. The molecule has 25 heavy (non-hydrogen) atoms. The van der Waals surface area contributed by atoms with E-state index in [2.05, 4.69) is 31.2 Å². The van der Waals surface area contributed by atoms with Crippen molar-refractivity contribution in [1.29, 1.82) is 0 Å². The van der Waals surface area contributed by atoms with Gasteiger partial charge in [0.15, 0.2) is 22.3 Å². The van der Waals surface area contributed by atoms with Crippen molar-refractivity contribution in [2.45, 2.75) is 6.61 Å². The van der Waals surface area contributed by atoms with Crippen molar-refractivity contribution in [3.8, 4) is 22.9 Å². The Morgan fingerprint density at radius 1 is 1.08 bits per heavy atom. The third-order valence-corrected chi connectivity index (χ3v) is 4.90. The highest BCUT2D eigenvalue weighted by Crippen LogP contribution is 2.28. The number of hydrogen-bond acceptors (Lipinski definition) is 6. The molecule has 0 unspecified atom stereocenters. The van der Waals surface area contributed by atoms with E-state index in [1.807, 2.05) is 48.5 Å². The largest absolute Gasteiger partial charge is 0.493 e. The maximum atomic E-state index is 5.83. The van der Waals surface area contributed by atoms with Crippen LogP contribution in [0.15, 0.2) is 53.0 Å². The normalized spacial score (nSPS) is 11.0. The fourth-order valence-electron chi connectivity index (χ4n) is 2.40. The first-order chi connectivity index (χ1) is 12.2. The van der Waals surface area contributed by atoms with E-state index in [0.717, 1.165) is 20.0 Å². The van der Waals surface area contributed by atoms with E-state index in [1.165, 1.54) is 11.3 Å². The number of nitrogens with zero attached hydrogens (tertiary/aromatic N) is 4. The molecule has 4 rings (SSSR count). The van der Waals surface area contributed by atoms with Gasteiger partial charge in [-0.1, -0.05) is 51.5 Å². The van der Waals surface area contributed by atoms with Crippen LogP contribution in [0.5, 0.6) is 11.5 Å². The SMILES string of the molecule is COc1ccccc1OCc1nn2c(-c3cccc(Br)c3)nnc2s1. The van der Waals surface area contributed by atoms with Gasteiger partial charge in [-0.2, -0.15) is 9.61 Å². The number of fused-ring (bicyclic) bond motifs is 1. The molecule has 8 heteroatoms. The number of rotatable bonds is 5. The van der Waals surface area contributed by atoms with Crippen molar-refractivity contribution in [3.05, 3.63) is 58.0 Å². The third kappa shape index (κ3) is 3.22. The van der Waals surface area contributed by atoms with Crippen LogP contribution in [0.2, 0.25) is 0 Å². The molecule has 6 nitrogen and oxygen atoms in total. The lowest BCUT2D eigenvalue weighted by Crippen LogP contribution is -1.99. The molecule has 0 radical (unpaired) electrons. The van der Waals surface area contributed by atoms with Crippen LogP contribution in [0.25, 0.3) is 16.3 Å². The number of para-hydroxylation sites is 2. The summed E-state index contributed by atoms with van der Waals surface area (Å²) < 4.78 is 13.8. The van der Waals surface area contributed by atoms with Crippen LogP contribution in [0.3, 0.4) is 0 Å². The van der Waals surface area contributed by atoms with Gasteiger partial charge in [0.25, 0.3) is 0 Å². The van der Waals surface area contributed by atoms with Crippen LogP contribution in [0, 0.1) is 0 Å². The fraction of sp³-hybridized carbons (Fsp3) is 0.118. The number of benzene rings is 2. The van der Waals surface area contributed by atoms with Crippen LogP contribution in [0.1, 0.15) is 5.01 Å². The second-order valence-corrected chi connectivity index (χ2v) is 7.12. The topological polar surface area (TPSA) is 61.5 Å². The van der Waals surface area contributed by atoms with Gasteiger partial charge in [-0.3, -0.25) is 0 Å². The fourth-order valence-corrected chi connectivity index (χ4v) is 3.55. The van der Waals surface area contributed by atoms with Crippen molar-refractivity contribution in [3.63, 3.8) is 0 Å². The first-order valence-electron chi connectivity index (χ1n) is 7.47. The molecule has 2 aromatic carbocycles. The smallest absolute Gasteiger partial charge is 0.235 e. The van der Waals surface area contributed by atoms with Gasteiger partial charge in [-0.05, 0) is 24.3 Å². The van der Waals surface area contributed by atoms with Gasteiger partial charge in [-0.25, -0.2) is 0 Å². The molecule has 2 heterocycles. The summed E-state index contributed by atoms with van der Waals surface area (Å²) in [6, 6.07) is 15.4. The monoisotopic (exact) mass is 416 g/mol. The molecule has 0 bridgehead atoms. The summed E-state index contributed by atoms with van der Waals surface area (Å²) in [5, 5.41) is 13.8. The first-order valence-corrected chi connectivity index (χ1v) is 9.08. The number of ether oxygens (including phenoxy) is 2. The highest BCUT2D eigenvalue weighted by Gasteiger charge is 2.14. The Hall–Kier alpha value is -2.45. The van der Waals surface area contributed by atoms with Crippen molar-refractivity contribution in [2.24, 2.45) is 0 Å². The zero-order valence-corrected chi connectivity index (χ0v) is 15.6. The Labute approximate surface area is 156 Å². The van der Waals surface area contributed by atoms with Gasteiger partial charge in [-0.15, -0.1) is 10.2 Å². The van der Waals surface area contributed by atoms with Crippen LogP contribution in [-0.4, -0.2) is 26.9 Å². The zero-order valence-electron chi connectivity index (χ0n) is 13.2. The standard InChI is InChI=1S/C17H13BrN4O2S/c1-23-13-7-2-3-8-14(13)24-10-15-21-22-16(19-20-17(22)25-15)11-5-4-6-12(18)9-11/h2-9H,10H2,1H3. The number of aromatic nitrogens is 4. The second kappa shape index (κ2) is 6.81. The molecule has 126 valence electrons. The van der Waals surface area contributed by atoms with E-state index in [9.17, 15) is 0 Å². The average molecular weight is 417 g/mol. The minimum atomic E-state index is 0.340. The zero-order chi connectivity index (χ0) is 17.2. The van der Waals surface area contributed by atoms with Gasteiger partial charge in [0.05, 0.1) is 7.11 Å². The first kappa shape index (κ1) is 16.0. The van der Waals surface area contributed by atoms with Crippen LogP contribution in [-0.2, 0) is 6.61 Å². The molecule has 0 saturated heterocycles. The van der Waals surface area contributed by atoms with E-state index < -0.39 is 0 Å². The maximum Gasteiger partial charge on any atom is 0.235 e. The molecule has 0 aliphatic heterocycles. The third-order valence-electron chi connectivity index (χ3n) is 3.54. The van der Waals surface area contributed by atoms with E-state index in [0.29, 0.717) is 23.9 Å². The average Bonchev–Trinajstić information content (AvgIpc) is 3.20. The Morgan fingerprint density at radius 3 is 2.72 bits per heavy atom. The van der Waals surface area contributed by atoms with E-state index >= 15 is 0 Å². The molecular weight excluding hydrogens is 404 g/mol. The molecule has 0 N–H and O–H groups in total. The predicted octanol–water partition coefficient (Wildman–Crippen LogP) is 4.20. The summed E-state index contributed by atoms with van der Waals surface area (Å²) >= 11 is 4.92. The lowest BCUT2D eigenvalue weighted by Gasteiger charge is -2.08. The van der Waals surface area contributed by atoms with Gasteiger partial charge >= 0.3 is 0 Å². The Morgan fingerprint density at radius 2 is 1.92 bits per heavy atom. The summed E-state index contributed by atoms with van der Waals surface area (Å²) in [6.07, 6.45) is 0. The van der Waals surface area contributed by atoms with Crippen molar-refractivity contribution in [2.75, 3.05) is 7.11 Å². The molecular formula is C17H13BrN4O2S. The van der Waals surface area contributed by atoms with Crippen molar-refractivity contribution < 1.29 is 9.47 Å². The van der Waals surface area contributed by atoms with Gasteiger partial charge in [0.2, 0.25) is 4.96 Å². The lowest BCUT2D eigenvalue weighted by atomic mass is 10.2. The summed E-state index contributed by atoms with van der Waals surface area (Å²) in [5.74, 6) is 2.08. The molecule has 0 fully saturated rings. The second-order valence-electron chi connectivity index (χ2n) is 5.16. The summed E-state index contributed by atoms with van der Waals surface area (Å²) in [5.41, 5.74) is 0.948. The lowest BCUT2D eigenvalue weighted by molar-refractivity contribution is 0.283. The number of hydrogen-bond donors (Lipinski definition) is 0. The molecule has 0 aliphatic rings. The summed E-state index contributed by atoms with van der Waals surface area (Å²) in [7, 11) is 1.62.